The summed E-state index contributed by atoms with van der Waals surface area (Å²) in [7, 11) is 0. The van der Waals surface area contributed by atoms with E-state index in [0.29, 0.717) is 5.39 Å². The van der Waals surface area contributed by atoms with Crippen molar-refractivity contribution in [2.75, 3.05) is 0 Å². The average Bonchev–Trinajstić information content (AvgIpc) is 2.23. The molecule has 84 valence electrons. The number of aromatic nitrogens is 2. The summed E-state index contributed by atoms with van der Waals surface area (Å²) >= 11 is 35.1. The Morgan fingerprint density at radius 2 is 0.938 bits per heavy atom. The summed E-state index contributed by atoms with van der Waals surface area (Å²) in [6.07, 6.45) is 0. The molecule has 2 nitrogen and oxygen atoms in total. The van der Waals surface area contributed by atoms with Crippen LogP contribution in [-0.4, -0.2) is 9.97 Å². The molecule has 0 N–H and O–H groups in total. The highest BCUT2D eigenvalue weighted by Gasteiger charge is 2.18. The number of nitrogens with zero attached hydrogens (tertiary/aromatic N) is 2. The molecule has 2 aromatic heterocycles. The summed E-state index contributed by atoms with van der Waals surface area (Å²) in [5.74, 6) is 0. The zero-order valence-corrected chi connectivity index (χ0v) is 11.7. The molecular weight excluding hydrogens is 337 g/mol. The summed E-state index contributed by atoms with van der Waals surface area (Å²) < 4.78 is 0. The fourth-order valence-corrected chi connectivity index (χ4v) is 2.42. The van der Waals surface area contributed by atoms with Gasteiger partial charge in [0.2, 0.25) is 0 Å². The maximum absolute atomic E-state index is 5.98. The molecule has 2 aromatic rings. The summed E-state index contributed by atoms with van der Waals surface area (Å²) in [5.41, 5.74) is 0.193. The molecule has 0 aromatic carbocycles. The lowest BCUT2D eigenvalue weighted by Crippen LogP contribution is -1.90. The fourth-order valence-electron chi connectivity index (χ4n) is 1.11. The molecule has 0 saturated carbocycles. The van der Waals surface area contributed by atoms with Gasteiger partial charge in [-0.05, 0) is 0 Å². The molecule has 0 radical (unpaired) electrons. The maximum Gasteiger partial charge on any atom is 0.165 e. The summed E-state index contributed by atoms with van der Waals surface area (Å²) in [6.45, 7) is 0. The van der Waals surface area contributed by atoms with E-state index in [0.717, 1.165) is 0 Å². The molecule has 0 amide bonds. The molecule has 0 fully saturated rings. The quantitative estimate of drug-likeness (QED) is 0.589. The van der Waals surface area contributed by atoms with Crippen LogP contribution >= 0.6 is 69.6 Å². The number of rotatable bonds is 0. The Labute approximate surface area is 120 Å². The Hall–Kier alpha value is 0.300. The predicted molar refractivity (Wildman–Crippen MR) is 69.6 cm³/mol. The Bertz CT molecular complexity index is 548. The van der Waals surface area contributed by atoms with Crippen molar-refractivity contribution >= 4 is 80.6 Å². The third-order valence-corrected chi connectivity index (χ3v) is 4.24. The highest BCUT2D eigenvalue weighted by Crippen LogP contribution is 2.41. The fraction of sp³-hybridized carbons (Fsp3) is 0. The van der Waals surface area contributed by atoms with Crippen molar-refractivity contribution in [2.45, 2.75) is 0 Å². The highest BCUT2D eigenvalue weighted by atomic mass is 35.5. The van der Waals surface area contributed by atoms with Gasteiger partial charge in [-0.25, -0.2) is 9.97 Å². The number of pyridine rings is 2. The van der Waals surface area contributed by atoms with Crippen molar-refractivity contribution in [2.24, 2.45) is 0 Å². The second-order valence-electron chi connectivity index (χ2n) is 2.76. The monoisotopic (exact) mass is 334 g/mol. The van der Waals surface area contributed by atoms with Gasteiger partial charge in [-0.1, -0.05) is 69.6 Å². The second-order valence-corrected chi connectivity index (χ2v) is 4.99. The van der Waals surface area contributed by atoms with Gasteiger partial charge in [-0.3, -0.25) is 0 Å². The molecule has 0 aliphatic heterocycles. The van der Waals surface area contributed by atoms with Crippen LogP contribution in [0.5, 0.6) is 0 Å². The number of hydrogen-bond donors (Lipinski definition) is 0. The Morgan fingerprint density at radius 3 is 1.31 bits per heavy atom. The van der Waals surface area contributed by atoms with Crippen LogP contribution in [-0.2, 0) is 0 Å². The minimum absolute atomic E-state index is 0.0288. The molecule has 0 aliphatic rings. The van der Waals surface area contributed by atoms with Crippen LogP contribution in [0.4, 0.5) is 0 Å². The minimum Gasteiger partial charge on any atom is -0.215 e. The Balaban J connectivity index is 3.03. The van der Waals surface area contributed by atoms with Gasteiger partial charge in [-0.2, -0.15) is 0 Å². The van der Waals surface area contributed by atoms with Crippen molar-refractivity contribution in [1.82, 2.24) is 9.97 Å². The molecule has 0 spiro atoms. The van der Waals surface area contributed by atoms with Gasteiger partial charge in [-0.15, -0.1) is 0 Å². The van der Waals surface area contributed by atoms with E-state index in [-0.39, 0.29) is 36.0 Å². The van der Waals surface area contributed by atoms with Crippen LogP contribution in [0.25, 0.3) is 11.0 Å². The first kappa shape index (κ1) is 12.7. The molecule has 0 aliphatic carbocycles. The topological polar surface area (TPSA) is 25.8 Å². The first-order valence-electron chi connectivity index (χ1n) is 3.78. The molecule has 2 heterocycles. The van der Waals surface area contributed by atoms with E-state index in [4.69, 9.17) is 69.6 Å². The van der Waals surface area contributed by atoms with Crippen LogP contribution in [0.15, 0.2) is 0 Å². The lowest BCUT2D eigenvalue weighted by atomic mass is 10.3. The van der Waals surface area contributed by atoms with Gasteiger partial charge < -0.3 is 0 Å². The van der Waals surface area contributed by atoms with Crippen molar-refractivity contribution in [3.8, 4) is 0 Å². The molecule has 0 saturated heterocycles. The summed E-state index contributed by atoms with van der Waals surface area (Å²) in [6, 6.07) is 0. The first-order chi connectivity index (χ1) is 7.43. The van der Waals surface area contributed by atoms with Gasteiger partial charge >= 0.3 is 0 Å². The third-order valence-electron chi connectivity index (χ3n) is 1.82. The lowest BCUT2D eigenvalue weighted by Gasteiger charge is -2.07. The summed E-state index contributed by atoms with van der Waals surface area (Å²) in [5, 5.41) is 0.866. The molecule has 0 unspecified atom stereocenters. The van der Waals surface area contributed by atoms with E-state index in [9.17, 15) is 0 Å². The Kier molecular flexibility index (Phi) is 3.60. The largest absolute Gasteiger partial charge is 0.215 e. The van der Waals surface area contributed by atoms with Gasteiger partial charge in [0.05, 0.1) is 25.5 Å². The predicted octanol–water partition coefficient (Wildman–Crippen LogP) is 5.55. The maximum atomic E-state index is 5.98. The van der Waals surface area contributed by atoms with Crippen molar-refractivity contribution < 1.29 is 0 Å². The van der Waals surface area contributed by atoms with Crippen LogP contribution in [0.1, 0.15) is 0 Å². The van der Waals surface area contributed by atoms with Gasteiger partial charge in [0, 0.05) is 0 Å². The number of fused-ring (bicyclic) bond motifs is 1. The number of hydrogen-bond acceptors (Lipinski definition) is 2. The van der Waals surface area contributed by atoms with Crippen LogP contribution in [0, 0.1) is 0 Å². The van der Waals surface area contributed by atoms with E-state index in [2.05, 4.69) is 9.97 Å². The Morgan fingerprint density at radius 1 is 0.562 bits per heavy atom. The van der Waals surface area contributed by atoms with Crippen molar-refractivity contribution in [3.63, 3.8) is 0 Å². The number of halogens is 6. The molecular formula is C8Cl6N2. The SMILES string of the molecule is Clc1nc2nc(Cl)c(Cl)c(Cl)c2c(Cl)c1Cl. The third kappa shape index (κ3) is 1.92. The summed E-state index contributed by atoms with van der Waals surface area (Å²) in [4.78, 5) is 7.82. The van der Waals surface area contributed by atoms with Crippen molar-refractivity contribution in [3.05, 3.63) is 30.4 Å². The van der Waals surface area contributed by atoms with Crippen LogP contribution < -0.4 is 0 Å². The van der Waals surface area contributed by atoms with Gasteiger partial charge in [0.1, 0.15) is 0 Å². The second kappa shape index (κ2) is 4.52. The molecule has 0 bridgehead atoms. The minimum atomic E-state index is 0.0288. The van der Waals surface area contributed by atoms with E-state index in [1.54, 1.807) is 0 Å². The first-order valence-corrected chi connectivity index (χ1v) is 6.05. The van der Waals surface area contributed by atoms with E-state index in [1.165, 1.54) is 0 Å². The smallest absolute Gasteiger partial charge is 0.165 e. The van der Waals surface area contributed by atoms with E-state index >= 15 is 0 Å². The van der Waals surface area contributed by atoms with E-state index in [1.807, 2.05) is 0 Å². The molecule has 2 rings (SSSR count). The van der Waals surface area contributed by atoms with Crippen molar-refractivity contribution in [1.29, 1.82) is 0 Å². The lowest BCUT2D eigenvalue weighted by molar-refractivity contribution is 1.29. The molecule has 8 heteroatoms. The zero-order valence-electron chi connectivity index (χ0n) is 7.16. The molecule has 0 atom stereocenters. The average molecular weight is 337 g/mol. The van der Waals surface area contributed by atoms with Crippen LogP contribution in [0.2, 0.25) is 30.4 Å². The van der Waals surface area contributed by atoms with E-state index < -0.39 is 0 Å². The van der Waals surface area contributed by atoms with Crippen LogP contribution in [0.3, 0.4) is 0 Å². The van der Waals surface area contributed by atoms with Gasteiger partial charge in [0.15, 0.2) is 16.0 Å². The normalized spacial score (nSPS) is 11.1. The zero-order chi connectivity index (χ0) is 12.0. The highest BCUT2D eigenvalue weighted by molar-refractivity contribution is 6.54. The molecule has 16 heavy (non-hydrogen) atoms. The van der Waals surface area contributed by atoms with Gasteiger partial charge in [0.25, 0.3) is 0 Å². The standard InChI is InChI=1S/C8Cl6N2/c9-2-1-3(10)5(12)7(14)16-8(1)15-6(13)4(2)11.